The zero-order valence-corrected chi connectivity index (χ0v) is 17.1. The molecule has 1 N–H and O–H groups in total. The molecule has 1 aliphatic rings. The molecule has 27 heavy (non-hydrogen) atoms. The van der Waals surface area contributed by atoms with Gasteiger partial charge in [0, 0.05) is 50.8 Å². The maximum Gasteiger partial charge on any atom is 0.303 e. The van der Waals surface area contributed by atoms with E-state index in [4.69, 9.17) is 5.11 Å². The van der Waals surface area contributed by atoms with Gasteiger partial charge in [-0.05, 0) is 36.6 Å². The molecule has 0 aliphatic carbocycles. The van der Waals surface area contributed by atoms with Gasteiger partial charge in [-0.2, -0.15) is 0 Å². The van der Waals surface area contributed by atoms with Crippen molar-refractivity contribution in [2.24, 2.45) is 0 Å². The minimum atomic E-state index is -0.704. The molecule has 3 rings (SSSR count). The van der Waals surface area contributed by atoms with Crippen molar-refractivity contribution in [1.29, 1.82) is 0 Å². The largest absolute Gasteiger partial charge is 0.481 e. The minimum absolute atomic E-state index is 0.267. The normalized spacial score (nSPS) is 14.6. The van der Waals surface area contributed by atoms with Crippen LogP contribution in [-0.2, 0) is 11.3 Å². The lowest BCUT2D eigenvalue weighted by Gasteiger charge is -2.13. The fraction of sp³-hybridized carbons (Fsp3) is 0.364. The van der Waals surface area contributed by atoms with E-state index in [0.29, 0.717) is 0 Å². The summed E-state index contributed by atoms with van der Waals surface area (Å²) < 4.78 is 2.32. The van der Waals surface area contributed by atoms with Crippen LogP contribution in [0.4, 0.5) is 5.69 Å². The Labute approximate surface area is 165 Å². The first-order valence-corrected chi connectivity index (χ1v) is 10.2. The van der Waals surface area contributed by atoms with E-state index in [-0.39, 0.29) is 6.42 Å². The smallest absolute Gasteiger partial charge is 0.303 e. The first-order chi connectivity index (χ1) is 13.0. The van der Waals surface area contributed by atoms with E-state index in [2.05, 4.69) is 72.8 Å². The van der Waals surface area contributed by atoms with Crippen LogP contribution in [0.5, 0.6) is 0 Å². The maximum atomic E-state index is 10.6. The number of aliphatic carboxylic acids is 1. The molecule has 0 saturated heterocycles. The molecule has 5 heteroatoms. The van der Waals surface area contributed by atoms with Crippen molar-refractivity contribution in [3.05, 3.63) is 58.4 Å². The fourth-order valence-electron chi connectivity index (χ4n) is 3.51. The molecule has 0 unspecified atom stereocenters. The van der Waals surface area contributed by atoms with Crippen molar-refractivity contribution in [3.8, 4) is 0 Å². The molecule has 1 aromatic heterocycles. The Morgan fingerprint density at radius 1 is 1.15 bits per heavy atom. The predicted molar refractivity (Wildman–Crippen MR) is 111 cm³/mol. The SMILES string of the molecule is Cc1cc(/C=C2\Sc3ccccc3N2C)cc(C)[n+]1CCCCCC(=O)O. The van der Waals surface area contributed by atoms with Gasteiger partial charge in [-0.25, -0.2) is 4.57 Å². The highest BCUT2D eigenvalue weighted by Crippen LogP contribution is 2.45. The lowest BCUT2D eigenvalue weighted by atomic mass is 10.1. The number of hydrogen-bond acceptors (Lipinski definition) is 3. The fourth-order valence-corrected chi connectivity index (χ4v) is 4.62. The monoisotopic (exact) mass is 383 g/mol. The number of carboxylic acids is 1. The molecule has 0 spiro atoms. The summed E-state index contributed by atoms with van der Waals surface area (Å²) in [7, 11) is 2.12. The molecule has 0 saturated carbocycles. The Morgan fingerprint density at radius 2 is 1.85 bits per heavy atom. The van der Waals surface area contributed by atoms with Crippen LogP contribution in [0, 0.1) is 13.8 Å². The number of anilines is 1. The topological polar surface area (TPSA) is 44.4 Å². The summed E-state index contributed by atoms with van der Waals surface area (Å²) in [5.74, 6) is -0.704. The Bertz CT molecular complexity index is 853. The van der Waals surface area contributed by atoms with Gasteiger partial charge >= 0.3 is 5.97 Å². The van der Waals surface area contributed by atoms with Gasteiger partial charge in [0.25, 0.3) is 0 Å². The number of pyridine rings is 1. The first-order valence-electron chi connectivity index (χ1n) is 9.41. The number of fused-ring (bicyclic) bond motifs is 1. The Hall–Kier alpha value is -2.27. The van der Waals surface area contributed by atoms with Crippen LogP contribution in [-0.4, -0.2) is 18.1 Å². The zero-order chi connectivity index (χ0) is 19.4. The molecule has 1 aliphatic heterocycles. The highest BCUT2D eigenvalue weighted by Gasteiger charge is 2.21. The van der Waals surface area contributed by atoms with Gasteiger partial charge in [-0.1, -0.05) is 23.9 Å². The first kappa shape index (κ1) is 19.5. The van der Waals surface area contributed by atoms with Gasteiger partial charge in [-0.15, -0.1) is 0 Å². The number of aryl methyl sites for hydroxylation is 2. The van der Waals surface area contributed by atoms with Crippen molar-refractivity contribution >= 4 is 29.5 Å². The summed E-state index contributed by atoms with van der Waals surface area (Å²) in [5.41, 5.74) is 4.95. The molecular formula is C22H27N2O2S+. The number of unbranched alkanes of at least 4 members (excludes halogenated alkanes) is 2. The summed E-state index contributed by atoms with van der Waals surface area (Å²) in [6.45, 7) is 5.23. The Balaban J connectivity index is 1.69. The lowest BCUT2D eigenvalue weighted by molar-refractivity contribution is -0.709. The van der Waals surface area contributed by atoms with Crippen LogP contribution in [0.15, 0.2) is 46.3 Å². The van der Waals surface area contributed by atoms with E-state index in [9.17, 15) is 4.79 Å². The van der Waals surface area contributed by atoms with Crippen molar-refractivity contribution in [2.75, 3.05) is 11.9 Å². The molecule has 0 amide bonds. The molecule has 2 aromatic rings. The van der Waals surface area contributed by atoms with E-state index in [0.717, 1.165) is 25.8 Å². The van der Waals surface area contributed by atoms with E-state index >= 15 is 0 Å². The molecule has 2 heterocycles. The number of nitrogens with zero attached hydrogens (tertiary/aromatic N) is 2. The molecule has 0 atom stereocenters. The number of carboxylic acid groups (broad SMARTS) is 1. The maximum absolute atomic E-state index is 10.6. The number of aromatic nitrogens is 1. The van der Waals surface area contributed by atoms with E-state index in [1.807, 2.05) is 11.8 Å². The number of thioether (sulfide) groups is 1. The molecule has 142 valence electrons. The minimum Gasteiger partial charge on any atom is -0.481 e. The molecular weight excluding hydrogens is 356 g/mol. The van der Waals surface area contributed by atoms with Crippen LogP contribution >= 0.6 is 11.8 Å². The van der Waals surface area contributed by atoms with Crippen LogP contribution in [0.1, 0.15) is 42.6 Å². The molecule has 0 fully saturated rings. The highest BCUT2D eigenvalue weighted by molar-refractivity contribution is 8.03. The van der Waals surface area contributed by atoms with Crippen molar-refractivity contribution in [2.45, 2.75) is 51.0 Å². The number of rotatable bonds is 7. The number of hydrogen-bond donors (Lipinski definition) is 1. The summed E-state index contributed by atoms with van der Waals surface area (Å²) in [6.07, 6.45) is 5.23. The van der Waals surface area contributed by atoms with Crippen molar-refractivity contribution in [3.63, 3.8) is 0 Å². The Kier molecular flexibility index (Phi) is 6.22. The second-order valence-corrected chi connectivity index (χ2v) is 8.10. The van der Waals surface area contributed by atoms with Gasteiger partial charge in [-0.3, -0.25) is 4.79 Å². The second kappa shape index (κ2) is 8.61. The molecule has 4 nitrogen and oxygen atoms in total. The molecule has 0 bridgehead atoms. The second-order valence-electron chi connectivity index (χ2n) is 7.04. The van der Waals surface area contributed by atoms with E-state index < -0.39 is 5.97 Å². The van der Waals surface area contributed by atoms with Crippen molar-refractivity contribution < 1.29 is 14.5 Å². The third kappa shape index (κ3) is 4.72. The molecule has 1 aromatic carbocycles. The predicted octanol–water partition coefficient (Wildman–Crippen LogP) is 4.78. The quantitative estimate of drug-likeness (QED) is 0.552. The van der Waals surface area contributed by atoms with Gasteiger partial charge in [0.1, 0.15) is 6.54 Å². The third-order valence-corrected chi connectivity index (χ3v) is 6.10. The van der Waals surface area contributed by atoms with Crippen molar-refractivity contribution in [1.82, 2.24) is 0 Å². The number of benzene rings is 1. The van der Waals surface area contributed by atoms with Crippen LogP contribution < -0.4 is 9.47 Å². The lowest BCUT2D eigenvalue weighted by Crippen LogP contribution is -2.40. The van der Waals surface area contributed by atoms with Gasteiger partial charge < -0.3 is 10.0 Å². The average Bonchev–Trinajstić information content (AvgIpc) is 2.92. The van der Waals surface area contributed by atoms with Crippen LogP contribution in [0.25, 0.3) is 6.08 Å². The number of carbonyl (C=O) groups is 1. The van der Waals surface area contributed by atoms with Gasteiger partial charge in [0.15, 0.2) is 11.4 Å². The van der Waals surface area contributed by atoms with E-state index in [1.54, 1.807) is 0 Å². The summed E-state index contributed by atoms with van der Waals surface area (Å²) in [6, 6.07) is 12.9. The van der Waals surface area contributed by atoms with Crippen LogP contribution in [0.3, 0.4) is 0 Å². The Morgan fingerprint density at radius 3 is 2.52 bits per heavy atom. The van der Waals surface area contributed by atoms with Crippen LogP contribution in [0.2, 0.25) is 0 Å². The standard InChI is InChI=1S/C22H26N2O2S/c1-16-13-18(14-17(2)24(16)12-8-4-5-11-22(25)26)15-21-23(3)19-9-6-7-10-20(19)27-21/h6-7,9-10,13-15H,4-5,8,11-12H2,1-3H3/p+1. The van der Waals surface area contributed by atoms with Gasteiger partial charge in [0.2, 0.25) is 0 Å². The summed E-state index contributed by atoms with van der Waals surface area (Å²) >= 11 is 1.81. The summed E-state index contributed by atoms with van der Waals surface area (Å²) in [5, 5.41) is 9.96. The average molecular weight is 384 g/mol. The molecule has 0 radical (unpaired) electrons. The van der Waals surface area contributed by atoms with Gasteiger partial charge in [0.05, 0.1) is 10.7 Å². The summed E-state index contributed by atoms with van der Waals surface area (Å²) in [4.78, 5) is 14.1. The van der Waals surface area contributed by atoms with E-state index in [1.165, 1.54) is 32.6 Å². The zero-order valence-electron chi connectivity index (χ0n) is 16.2. The third-order valence-electron chi connectivity index (χ3n) is 4.94. The highest BCUT2D eigenvalue weighted by atomic mass is 32.2. The number of para-hydroxylation sites is 1.